The maximum absolute atomic E-state index is 13.1. The molecule has 0 radical (unpaired) electrons. The highest BCUT2D eigenvalue weighted by atomic mass is 35.5. The van der Waals surface area contributed by atoms with E-state index in [4.69, 9.17) is 9.26 Å². The maximum atomic E-state index is 13.1. The van der Waals surface area contributed by atoms with Gasteiger partial charge in [0.1, 0.15) is 11.2 Å². The van der Waals surface area contributed by atoms with Crippen molar-refractivity contribution in [3.05, 3.63) is 46.8 Å². The van der Waals surface area contributed by atoms with E-state index < -0.39 is 23.4 Å². The van der Waals surface area contributed by atoms with Crippen LogP contribution < -0.4 is 20.9 Å². The minimum atomic E-state index is -4.56. The predicted molar refractivity (Wildman–Crippen MR) is 115 cm³/mol. The molecule has 0 spiro atoms. The molecule has 0 fully saturated rings. The maximum Gasteiger partial charge on any atom is 0.401 e. The number of ether oxygens (including phenoxy) is 1. The quantitative estimate of drug-likeness (QED) is 0.475. The average Bonchev–Trinajstić information content (AvgIpc) is 3.17. The zero-order valence-electron chi connectivity index (χ0n) is 17.6. The molecule has 0 saturated heterocycles. The molecule has 0 bridgehead atoms. The lowest BCUT2D eigenvalue weighted by Gasteiger charge is -2.24. The first-order valence-electron chi connectivity index (χ1n) is 9.31. The van der Waals surface area contributed by atoms with Crippen molar-refractivity contribution in [1.29, 1.82) is 0 Å². The van der Waals surface area contributed by atoms with Crippen LogP contribution in [-0.4, -0.2) is 38.9 Å². The summed E-state index contributed by atoms with van der Waals surface area (Å²) in [6.45, 7) is 3.98. The van der Waals surface area contributed by atoms with Crippen molar-refractivity contribution in [2.45, 2.75) is 32.4 Å². The van der Waals surface area contributed by atoms with Gasteiger partial charge in [0.25, 0.3) is 5.56 Å². The first kappa shape index (κ1) is 25.6. The number of hydrogen-bond acceptors (Lipinski definition) is 7. The van der Waals surface area contributed by atoms with E-state index in [1.165, 1.54) is 24.7 Å². The fourth-order valence-electron chi connectivity index (χ4n) is 2.48. The van der Waals surface area contributed by atoms with Gasteiger partial charge in [-0.3, -0.25) is 10.1 Å². The first-order chi connectivity index (χ1) is 15.0. The number of carbonyl (C=O) groups excluding carboxylic acids is 1. The van der Waals surface area contributed by atoms with Gasteiger partial charge in [0.15, 0.2) is 17.4 Å². The van der Waals surface area contributed by atoms with E-state index in [2.05, 4.69) is 30.7 Å². The van der Waals surface area contributed by atoms with Gasteiger partial charge in [-0.1, -0.05) is 5.16 Å². The third-order valence-corrected chi connectivity index (χ3v) is 4.41. The van der Waals surface area contributed by atoms with Gasteiger partial charge in [0, 0.05) is 18.3 Å². The Bertz CT molecular complexity index is 1160. The molecule has 10 nitrogen and oxygen atoms in total. The lowest BCUT2D eigenvalue weighted by Crippen LogP contribution is -2.35. The number of nitrogens with zero attached hydrogens (tertiary/aromatic N) is 3. The van der Waals surface area contributed by atoms with Gasteiger partial charge in [-0.2, -0.15) is 13.2 Å². The number of aromatic amines is 1. The summed E-state index contributed by atoms with van der Waals surface area (Å²) in [6, 6.07) is 1.48. The number of hydrogen-bond donors (Lipinski definition) is 3. The largest absolute Gasteiger partial charge is 0.493 e. The molecule has 3 aromatic heterocycles. The zero-order chi connectivity index (χ0) is 23.5. The smallest absolute Gasteiger partial charge is 0.401 e. The summed E-state index contributed by atoms with van der Waals surface area (Å²) in [6.07, 6.45) is -0.528. The van der Waals surface area contributed by atoms with Gasteiger partial charge in [0.2, 0.25) is 0 Å². The van der Waals surface area contributed by atoms with Gasteiger partial charge < -0.3 is 19.6 Å². The van der Waals surface area contributed by atoms with Crippen molar-refractivity contribution in [2.24, 2.45) is 0 Å². The van der Waals surface area contributed by atoms with E-state index in [0.717, 1.165) is 19.9 Å². The number of aromatic nitrogens is 4. The second kappa shape index (κ2) is 9.90. The Morgan fingerprint density at radius 1 is 1.18 bits per heavy atom. The molecule has 0 aromatic carbocycles. The Labute approximate surface area is 191 Å². The molecule has 3 rings (SSSR count). The summed E-state index contributed by atoms with van der Waals surface area (Å²) in [5.74, 6) is -0.0922. The molecule has 0 aliphatic heterocycles. The molecule has 2 amide bonds. The average molecular weight is 489 g/mol. The van der Waals surface area contributed by atoms with E-state index in [-0.39, 0.29) is 35.3 Å². The minimum Gasteiger partial charge on any atom is -0.493 e. The van der Waals surface area contributed by atoms with Crippen LogP contribution in [0, 0.1) is 0 Å². The van der Waals surface area contributed by atoms with Crippen LogP contribution in [-0.2, 0) is 5.41 Å². The van der Waals surface area contributed by atoms with Crippen LogP contribution in [0.1, 0.15) is 26.5 Å². The third kappa shape index (κ3) is 5.80. The topological polar surface area (TPSA) is 135 Å². The Morgan fingerprint density at radius 3 is 2.45 bits per heavy atom. The second-order valence-electron chi connectivity index (χ2n) is 7.08. The molecule has 0 saturated carbocycles. The van der Waals surface area contributed by atoms with E-state index in [1.54, 1.807) is 6.92 Å². The van der Waals surface area contributed by atoms with Gasteiger partial charge >= 0.3 is 12.2 Å². The highest BCUT2D eigenvalue weighted by Gasteiger charge is 2.51. The number of nitrogens with one attached hydrogen (secondary N) is 3. The van der Waals surface area contributed by atoms with Gasteiger partial charge in [0.05, 0.1) is 30.3 Å². The number of halogens is 4. The molecule has 0 aliphatic rings. The van der Waals surface area contributed by atoms with E-state index >= 15 is 0 Å². The Balaban J connectivity index is 0.00000385. The Hall–Kier alpha value is -3.61. The monoisotopic (exact) mass is 488 g/mol. The number of rotatable bonds is 6. The molecular formula is C19H20ClF3N6O4. The molecule has 3 N–H and O–H groups in total. The molecule has 14 heteroatoms. The number of urea groups is 1. The fraction of sp³-hybridized carbons (Fsp3) is 0.316. The van der Waals surface area contributed by atoms with Crippen LogP contribution in [0.5, 0.6) is 5.75 Å². The van der Waals surface area contributed by atoms with Crippen LogP contribution >= 0.6 is 12.4 Å². The standard InChI is InChI=1S/C19H19F3N6O4.ClH/c1-4-31-12-5-15(29)23-9-11(12)16-24-7-10(8-25-16)26-17(30)27-14-6-13(32-28-14)18(2,3)19(20,21)22;/h5-9H,4H2,1-3H3,(H,23,29)(H2,26,27,28,30);1H. The Kier molecular flexibility index (Phi) is 7.69. The summed E-state index contributed by atoms with van der Waals surface area (Å²) in [7, 11) is 0. The van der Waals surface area contributed by atoms with Crippen LogP contribution in [0.4, 0.5) is 29.5 Å². The van der Waals surface area contributed by atoms with E-state index in [0.29, 0.717) is 17.9 Å². The highest BCUT2D eigenvalue weighted by molar-refractivity contribution is 5.98. The van der Waals surface area contributed by atoms with Gasteiger partial charge in [-0.15, -0.1) is 12.4 Å². The van der Waals surface area contributed by atoms with Gasteiger partial charge in [-0.05, 0) is 20.8 Å². The van der Waals surface area contributed by atoms with Crippen molar-refractivity contribution in [2.75, 3.05) is 17.2 Å². The van der Waals surface area contributed by atoms with Crippen molar-refractivity contribution in [3.63, 3.8) is 0 Å². The normalized spacial score (nSPS) is 11.5. The molecule has 0 atom stereocenters. The third-order valence-electron chi connectivity index (χ3n) is 4.41. The molecule has 3 heterocycles. The number of amides is 2. The summed E-state index contributed by atoms with van der Waals surface area (Å²) in [4.78, 5) is 34.4. The van der Waals surface area contributed by atoms with Crippen molar-refractivity contribution in [1.82, 2.24) is 20.1 Å². The SMILES string of the molecule is CCOc1cc(=O)[nH]cc1-c1ncc(NC(=O)Nc2cc(C(C)(C)C(F)(F)F)on2)cn1.Cl. The molecule has 0 unspecified atom stereocenters. The lowest BCUT2D eigenvalue weighted by atomic mass is 9.89. The summed E-state index contributed by atoms with van der Waals surface area (Å²) in [5, 5.41) is 8.15. The van der Waals surface area contributed by atoms with E-state index in [1.807, 2.05) is 0 Å². The number of anilines is 2. The highest BCUT2D eigenvalue weighted by Crippen LogP contribution is 2.41. The molecule has 178 valence electrons. The van der Waals surface area contributed by atoms with E-state index in [9.17, 15) is 22.8 Å². The van der Waals surface area contributed by atoms with Crippen molar-refractivity contribution < 1.29 is 27.2 Å². The zero-order valence-corrected chi connectivity index (χ0v) is 18.4. The molecular weight excluding hydrogens is 469 g/mol. The summed E-state index contributed by atoms with van der Waals surface area (Å²) >= 11 is 0. The lowest BCUT2D eigenvalue weighted by molar-refractivity contribution is -0.185. The van der Waals surface area contributed by atoms with Crippen molar-refractivity contribution >= 4 is 29.9 Å². The van der Waals surface area contributed by atoms with Gasteiger partial charge in [-0.25, -0.2) is 14.8 Å². The first-order valence-corrected chi connectivity index (χ1v) is 9.31. The molecule has 3 aromatic rings. The van der Waals surface area contributed by atoms with Crippen LogP contribution in [0.15, 0.2) is 40.0 Å². The minimum absolute atomic E-state index is 0. The summed E-state index contributed by atoms with van der Waals surface area (Å²) < 4.78 is 49.4. The molecule has 33 heavy (non-hydrogen) atoms. The van der Waals surface area contributed by atoms with Crippen LogP contribution in [0.25, 0.3) is 11.4 Å². The fourth-order valence-corrected chi connectivity index (χ4v) is 2.48. The summed E-state index contributed by atoms with van der Waals surface area (Å²) in [5.41, 5.74) is -1.97. The van der Waals surface area contributed by atoms with Crippen molar-refractivity contribution in [3.8, 4) is 17.1 Å². The predicted octanol–water partition coefficient (Wildman–Crippen LogP) is 4.12. The number of carbonyl (C=O) groups is 1. The number of H-pyrrole nitrogens is 1. The van der Waals surface area contributed by atoms with Crippen LogP contribution in [0.3, 0.4) is 0 Å². The second-order valence-corrected chi connectivity index (χ2v) is 7.08. The molecule has 0 aliphatic carbocycles. The Morgan fingerprint density at radius 2 is 1.85 bits per heavy atom. The number of pyridine rings is 1. The number of alkyl halides is 3. The van der Waals surface area contributed by atoms with Crippen LogP contribution in [0.2, 0.25) is 0 Å².